The Bertz CT molecular complexity index is 481. The molecule has 2 rings (SSSR count). The fourth-order valence-electron chi connectivity index (χ4n) is 2.79. The molecular weight excluding hydrogens is 263 g/mol. The Morgan fingerprint density at radius 2 is 2.30 bits per heavy atom. The predicted octanol–water partition coefficient (Wildman–Crippen LogP) is 2.47. The second-order valence-corrected chi connectivity index (χ2v) is 5.18. The summed E-state index contributed by atoms with van der Waals surface area (Å²) in [4.78, 5) is 12.1. The van der Waals surface area contributed by atoms with Crippen LogP contribution in [0.15, 0.2) is 18.2 Å². The number of benzene rings is 1. The van der Waals surface area contributed by atoms with Gasteiger partial charge in [0.1, 0.15) is 0 Å². The summed E-state index contributed by atoms with van der Waals surface area (Å²) in [5, 5.41) is 19.5. The quantitative estimate of drug-likeness (QED) is 0.643. The van der Waals surface area contributed by atoms with Crippen molar-refractivity contribution in [2.45, 2.75) is 38.3 Å². The minimum atomic E-state index is -0.779. The van der Waals surface area contributed by atoms with E-state index >= 15 is 0 Å². The molecule has 0 bridgehead atoms. The van der Waals surface area contributed by atoms with E-state index in [0.717, 1.165) is 37.8 Å². The maximum atomic E-state index is 13.6. The largest absolute Gasteiger partial charge is 0.396 e. The highest BCUT2D eigenvalue weighted by Gasteiger charge is 2.24. The SMILES string of the molecule is O=[N+]([O-])c1ccc(CN2CCCC2CCCO)cc1F. The van der Waals surface area contributed by atoms with Crippen molar-refractivity contribution in [1.29, 1.82) is 0 Å². The first-order valence-corrected chi connectivity index (χ1v) is 6.89. The van der Waals surface area contributed by atoms with Crippen LogP contribution in [0.5, 0.6) is 0 Å². The summed E-state index contributed by atoms with van der Waals surface area (Å²) in [6.07, 6.45) is 3.91. The molecule has 110 valence electrons. The summed E-state index contributed by atoms with van der Waals surface area (Å²) in [6.45, 7) is 1.75. The molecule has 1 atom stereocenters. The maximum absolute atomic E-state index is 13.6. The third-order valence-electron chi connectivity index (χ3n) is 3.79. The van der Waals surface area contributed by atoms with Gasteiger partial charge in [0, 0.05) is 25.3 Å². The number of halogens is 1. The van der Waals surface area contributed by atoms with Crippen LogP contribution >= 0.6 is 0 Å². The maximum Gasteiger partial charge on any atom is 0.304 e. The average molecular weight is 282 g/mol. The number of aliphatic hydroxyl groups excluding tert-OH is 1. The van der Waals surface area contributed by atoms with Gasteiger partial charge in [-0.2, -0.15) is 4.39 Å². The molecule has 1 aromatic carbocycles. The number of nitrogens with zero attached hydrogens (tertiary/aromatic N) is 2. The lowest BCUT2D eigenvalue weighted by atomic mass is 10.1. The summed E-state index contributed by atoms with van der Waals surface area (Å²) < 4.78 is 13.6. The molecule has 0 aliphatic carbocycles. The topological polar surface area (TPSA) is 66.6 Å². The van der Waals surface area contributed by atoms with Crippen molar-refractivity contribution in [1.82, 2.24) is 4.90 Å². The molecule has 0 amide bonds. The molecular formula is C14H19FN2O3. The van der Waals surface area contributed by atoms with E-state index in [0.29, 0.717) is 12.6 Å². The third-order valence-corrected chi connectivity index (χ3v) is 3.79. The van der Waals surface area contributed by atoms with Gasteiger partial charge >= 0.3 is 5.69 Å². The van der Waals surface area contributed by atoms with Crippen LogP contribution in [0.3, 0.4) is 0 Å². The summed E-state index contributed by atoms with van der Waals surface area (Å²) >= 11 is 0. The monoisotopic (exact) mass is 282 g/mol. The molecule has 1 fully saturated rings. The average Bonchev–Trinajstić information content (AvgIpc) is 2.83. The minimum absolute atomic E-state index is 0.191. The molecule has 0 aromatic heterocycles. The Kier molecular flexibility index (Phi) is 5.03. The van der Waals surface area contributed by atoms with Gasteiger partial charge in [0.05, 0.1) is 4.92 Å². The van der Waals surface area contributed by atoms with Crippen molar-refractivity contribution in [2.24, 2.45) is 0 Å². The Morgan fingerprint density at radius 3 is 2.95 bits per heavy atom. The fraction of sp³-hybridized carbons (Fsp3) is 0.571. The van der Waals surface area contributed by atoms with E-state index < -0.39 is 16.4 Å². The summed E-state index contributed by atoms with van der Waals surface area (Å²) in [7, 11) is 0. The van der Waals surface area contributed by atoms with E-state index in [1.165, 1.54) is 12.1 Å². The minimum Gasteiger partial charge on any atom is -0.396 e. The first-order valence-electron chi connectivity index (χ1n) is 6.89. The fourth-order valence-corrected chi connectivity index (χ4v) is 2.79. The van der Waals surface area contributed by atoms with Gasteiger partial charge in [-0.15, -0.1) is 0 Å². The molecule has 0 radical (unpaired) electrons. The lowest BCUT2D eigenvalue weighted by Crippen LogP contribution is -2.29. The smallest absolute Gasteiger partial charge is 0.304 e. The second kappa shape index (κ2) is 6.76. The normalized spacial score (nSPS) is 19.4. The summed E-state index contributed by atoms with van der Waals surface area (Å²) in [5.74, 6) is -0.779. The Morgan fingerprint density at radius 1 is 1.50 bits per heavy atom. The molecule has 1 heterocycles. The van der Waals surface area contributed by atoms with Crippen LogP contribution in [0.1, 0.15) is 31.2 Å². The molecule has 1 unspecified atom stereocenters. The van der Waals surface area contributed by atoms with Gasteiger partial charge in [-0.3, -0.25) is 15.0 Å². The Labute approximate surface area is 117 Å². The number of nitro benzene ring substituents is 1. The van der Waals surface area contributed by atoms with E-state index in [-0.39, 0.29) is 6.61 Å². The highest BCUT2D eigenvalue weighted by atomic mass is 19.1. The Balaban J connectivity index is 2.02. The van der Waals surface area contributed by atoms with Crippen LogP contribution in [-0.2, 0) is 6.54 Å². The van der Waals surface area contributed by atoms with Gasteiger partial charge < -0.3 is 5.11 Å². The molecule has 0 saturated carbocycles. The van der Waals surface area contributed by atoms with Gasteiger partial charge in [-0.05, 0) is 43.9 Å². The van der Waals surface area contributed by atoms with E-state index in [9.17, 15) is 14.5 Å². The Hall–Kier alpha value is -1.53. The highest BCUT2D eigenvalue weighted by Crippen LogP contribution is 2.25. The van der Waals surface area contributed by atoms with Crippen molar-refractivity contribution in [3.05, 3.63) is 39.7 Å². The van der Waals surface area contributed by atoms with Crippen molar-refractivity contribution in [3.63, 3.8) is 0 Å². The number of aliphatic hydroxyl groups is 1. The molecule has 1 aromatic rings. The van der Waals surface area contributed by atoms with E-state index in [1.807, 2.05) is 0 Å². The predicted molar refractivity (Wildman–Crippen MR) is 72.8 cm³/mol. The number of hydrogen-bond donors (Lipinski definition) is 1. The van der Waals surface area contributed by atoms with Crippen LogP contribution < -0.4 is 0 Å². The number of nitro groups is 1. The molecule has 6 heteroatoms. The number of rotatable bonds is 6. The lowest BCUT2D eigenvalue weighted by Gasteiger charge is -2.24. The van der Waals surface area contributed by atoms with Crippen molar-refractivity contribution < 1.29 is 14.4 Å². The van der Waals surface area contributed by atoms with Crippen LogP contribution in [0, 0.1) is 15.9 Å². The molecule has 1 N–H and O–H groups in total. The van der Waals surface area contributed by atoms with Gasteiger partial charge in [-0.1, -0.05) is 6.07 Å². The van der Waals surface area contributed by atoms with E-state index in [1.54, 1.807) is 6.07 Å². The van der Waals surface area contributed by atoms with Crippen molar-refractivity contribution >= 4 is 5.69 Å². The molecule has 20 heavy (non-hydrogen) atoms. The first kappa shape index (κ1) is 14.9. The van der Waals surface area contributed by atoms with Crippen LogP contribution in [0.2, 0.25) is 0 Å². The highest BCUT2D eigenvalue weighted by molar-refractivity contribution is 5.35. The van der Waals surface area contributed by atoms with Crippen LogP contribution in [-0.4, -0.2) is 34.1 Å². The third kappa shape index (κ3) is 3.52. The summed E-state index contributed by atoms with van der Waals surface area (Å²) in [5.41, 5.74) is 0.274. The van der Waals surface area contributed by atoms with Crippen molar-refractivity contribution in [2.75, 3.05) is 13.2 Å². The van der Waals surface area contributed by atoms with E-state index in [4.69, 9.17) is 5.11 Å². The molecule has 5 nitrogen and oxygen atoms in total. The lowest BCUT2D eigenvalue weighted by molar-refractivity contribution is -0.387. The zero-order chi connectivity index (χ0) is 14.5. The van der Waals surface area contributed by atoms with Crippen LogP contribution in [0.4, 0.5) is 10.1 Å². The zero-order valence-corrected chi connectivity index (χ0v) is 11.3. The molecule has 1 aliphatic heterocycles. The zero-order valence-electron chi connectivity index (χ0n) is 11.3. The molecule has 0 spiro atoms. The molecule has 1 aliphatic rings. The number of hydrogen-bond acceptors (Lipinski definition) is 4. The standard InChI is InChI=1S/C14H19FN2O3/c15-13-9-11(5-6-14(13)17(19)20)10-16-7-1-3-12(16)4-2-8-18/h5-6,9,12,18H,1-4,7-8,10H2. The van der Waals surface area contributed by atoms with E-state index in [2.05, 4.69) is 4.90 Å². The number of likely N-dealkylation sites (tertiary alicyclic amines) is 1. The first-order chi connectivity index (χ1) is 9.61. The molecule has 1 saturated heterocycles. The van der Waals surface area contributed by atoms with Gasteiger partial charge in [-0.25, -0.2) is 0 Å². The van der Waals surface area contributed by atoms with Crippen LogP contribution in [0.25, 0.3) is 0 Å². The summed E-state index contributed by atoms with van der Waals surface area (Å²) in [6, 6.07) is 4.51. The second-order valence-electron chi connectivity index (χ2n) is 5.18. The van der Waals surface area contributed by atoms with Gasteiger partial charge in [0.25, 0.3) is 0 Å². The van der Waals surface area contributed by atoms with Gasteiger partial charge in [0.2, 0.25) is 5.82 Å². The van der Waals surface area contributed by atoms with Crippen molar-refractivity contribution in [3.8, 4) is 0 Å². The van der Waals surface area contributed by atoms with Gasteiger partial charge in [0.15, 0.2) is 0 Å².